The zero-order valence-corrected chi connectivity index (χ0v) is 12.7. The lowest BCUT2D eigenvalue weighted by Crippen LogP contribution is -2.48. The smallest absolute Gasteiger partial charge is 0.322 e. The SMILES string of the molecule is Cc1nnc2n1CC(C(=O)O)N(CCCC1CCCC1)C2. The Morgan fingerprint density at radius 3 is 2.81 bits per heavy atom. The van der Waals surface area contributed by atoms with E-state index in [9.17, 15) is 9.90 Å². The Kier molecular flexibility index (Phi) is 4.24. The van der Waals surface area contributed by atoms with Crippen molar-refractivity contribution in [3.05, 3.63) is 11.6 Å². The predicted molar refractivity (Wildman–Crippen MR) is 77.8 cm³/mol. The number of carboxylic acids is 1. The van der Waals surface area contributed by atoms with Gasteiger partial charge in [0.15, 0.2) is 0 Å². The summed E-state index contributed by atoms with van der Waals surface area (Å²) in [5.41, 5.74) is 0. The summed E-state index contributed by atoms with van der Waals surface area (Å²) >= 11 is 0. The standard InChI is InChI=1S/C15H24N4O2/c1-11-16-17-14-10-18(13(15(20)21)9-19(11)14)8-4-7-12-5-2-3-6-12/h12-13H,2-10H2,1H3,(H,20,21). The van der Waals surface area contributed by atoms with Gasteiger partial charge < -0.3 is 9.67 Å². The van der Waals surface area contributed by atoms with Crippen LogP contribution in [0.3, 0.4) is 0 Å². The van der Waals surface area contributed by atoms with Gasteiger partial charge in [0.1, 0.15) is 17.7 Å². The van der Waals surface area contributed by atoms with E-state index in [1.807, 2.05) is 11.5 Å². The molecule has 1 saturated carbocycles. The van der Waals surface area contributed by atoms with Crippen molar-refractivity contribution in [2.24, 2.45) is 5.92 Å². The number of hydrogen-bond acceptors (Lipinski definition) is 4. The maximum Gasteiger partial charge on any atom is 0.322 e. The molecule has 3 rings (SSSR count). The summed E-state index contributed by atoms with van der Waals surface area (Å²) in [6, 6.07) is -0.448. The van der Waals surface area contributed by atoms with Gasteiger partial charge in [0.2, 0.25) is 0 Å². The van der Waals surface area contributed by atoms with Gasteiger partial charge in [0, 0.05) is 0 Å². The van der Waals surface area contributed by atoms with Crippen molar-refractivity contribution in [3.8, 4) is 0 Å². The van der Waals surface area contributed by atoms with Gasteiger partial charge in [-0.25, -0.2) is 0 Å². The Hall–Kier alpha value is -1.43. The van der Waals surface area contributed by atoms with Crippen LogP contribution >= 0.6 is 0 Å². The number of aromatic nitrogens is 3. The molecule has 1 N–H and O–H groups in total. The Balaban J connectivity index is 1.61. The maximum absolute atomic E-state index is 11.5. The number of nitrogens with zero attached hydrogens (tertiary/aromatic N) is 4. The van der Waals surface area contributed by atoms with Crippen LogP contribution in [0.2, 0.25) is 0 Å². The van der Waals surface area contributed by atoms with Crippen molar-refractivity contribution in [2.45, 2.75) is 64.6 Å². The van der Waals surface area contributed by atoms with Gasteiger partial charge >= 0.3 is 5.97 Å². The van der Waals surface area contributed by atoms with E-state index in [-0.39, 0.29) is 0 Å². The van der Waals surface area contributed by atoms with Gasteiger partial charge in [-0.15, -0.1) is 10.2 Å². The molecule has 116 valence electrons. The molecule has 1 aromatic heterocycles. The Labute approximate surface area is 125 Å². The Morgan fingerprint density at radius 2 is 2.10 bits per heavy atom. The summed E-state index contributed by atoms with van der Waals surface area (Å²) in [7, 11) is 0. The summed E-state index contributed by atoms with van der Waals surface area (Å²) in [5.74, 6) is 1.83. The second-order valence-corrected chi connectivity index (χ2v) is 6.39. The summed E-state index contributed by atoms with van der Waals surface area (Å²) in [6.45, 7) is 3.79. The molecule has 6 nitrogen and oxygen atoms in total. The van der Waals surface area contributed by atoms with E-state index in [0.717, 1.165) is 30.5 Å². The van der Waals surface area contributed by atoms with E-state index in [1.165, 1.54) is 32.1 Å². The van der Waals surface area contributed by atoms with E-state index in [2.05, 4.69) is 15.1 Å². The molecular formula is C15H24N4O2. The van der Waals surface area contributed by atoms with Crippen LogP contribution < -0.4 is 0 Å². The fourth-order valence-corrected chi connectivity index (χ4v) is 3.71. The molecule has 1 aliphatic heterocycles. The monoisotopic (exact) mass is 292 g/mol. The topological polar surface area (TPSA) is 71.2 Å². The highest BCUT2D eigenvalue weighted by Crippen LogP contribution is 2.29. The van der Waals surface area contributed by atoms with E-state index >= 15 is 0 Å². The molecule has 1 aliphatic carbocycles. The van der Waals surface area contributed by atoms with Crippen molar-refractivity contribution in [1.82, 2.24) is 19.7 Å². The van der Waals surface area contributed by atoms with Gasteiger partial charge in [0.05, 0.1) is 13.1 Å². The molecule has 0 bridgehead atoms. The van der Waals surface area contributed by atoms with Gasteiger partial charge in [-0.1, -0.05) is 25.7 Å². The average molecular weight is 292 g/mol. The molecular weight excluding hydrogens is 268 g/mol. The lowest BCUT2D eigenvalue weighted by atomic mass is 10.0. The van der Waals surface area contributed by atoms with Gasteiger partial charge in [0.25, 0.3) is 0 Å². The van der Waals surface area contributed by atoms with Crippen molar-refractivity contribution >= 4 is 5.97 Å². The third-order valence-corrected chi connectivity index (χ3v) is 4.97. The number of fused-ring (bicyclic) bond motifs is 1. The van der Waals surface area contributed by atoms with Crippen LogP contribution in [0, 0.1) is 12.8 Å². The molecule has 0 saturated heterocycles. The molecule has 0 amide bonds. The second-order valence-electron chi connectivity index (χ2n) is 6.39. The summed E-state index contributed by atoms with van der Waals surface area (Å²) < 4.78 is 1.94. The van der Waals surface area contributed by atoms with Crippen LogP contribution in [-0.2, 0) is 17.9 Å². The predicted octanol–water partition coefficient (Wildman–Crippen LogP) is 1.83. The Bertz CT molecular complexity index is 508. The lowest BCUT2D eigenvalue weighted by molar-refractivity contribution is -0.145. The molecule has 0 spiro atoms. The highest BCUT2D eigenvalue weighted by Gasteiger charge is 2.33. The van der Waals surface area contributed by atoms with Crippen molar-refractivity contribution in [1.29, 1.82) is 0 Å². The van der Waals surface area contributed by atoms with E-state index in [1.54, 1.807) is 0 Å². The maximum atomic E-state index is 11.5. The van der Waals surface area contributed by atoms with Crippen LogP contribution in [0.1, 0.15) is 50.2 Å². The number of carbonyl (C=O) groups is 1. The molecule has 1 fully saturated rings. The third-order valence-electron chi connectivity index (χ3n) is 4.97. The van der Waals surface area contributed by atoms with Crippen molar-refractivity contribution in [3.63, 3.8) is 0 Å². The first-order valence-electron chi connectivity index (χ1n) is 8.00. The molecule has 1 atom stereocenters. The zero-order chi connectivity index (χ0) is 14.8. The summed E-state index contributed by atoms with van der Waals surface area (Å²) in [6.07, 6.45) is 7.77. The fourth-order valence-electron chi connectivity index (χ4n) is 3.71. The number of carboxylic acid groups (broad SMARTS) is 1. The number of aliphatic carboxylic acids is 1. The zero-order valence-electron chi connectivity index (χ0n) is 12.7. The summed E-state index contributed by atoms with van der Waals surface area (Å²) in [5, 5.41) is 17.7. The molecule has 2 heterocycles. The van der Waals surface area contributed by atoms with Gasteiger partial charge in [-0.3, -0.25) is 9.69 Å². The third kappa shape index (κ3) is 3.10. The molecule has 1 aromatic rings. The fraction of sp³-hybridized carbons (Fsp3) is 0.800. The normalized spacial score (nSPS) is 23.4. The van der Waals surface area contributed by atoms with E-state index in [0.29, 0.717) is 13.1 Å². The first kappa shape index (κ1) is 14.5. The van der Waals surface area contributed by atoms with Crippen molar-refractivity contribution < 1.29 is 9.90 Å². The van der Waals surface area contributed by atoms with Crippen LogP contribution in [0.15, 0.2) is 0 Å². The average Bonchev–Trinajstić information content (AvgIpc) is 3.08. The van der Waals surface area contributed by atoms with Crippen LogP contribution in [0.25, 0.3) is 0 Å². The molecule has 0 radical (unpaired) electrons. The van der Waals surface area contributed by atoms with Crippen LogP contribution in [0.4, 0.5) is 0 Å². The number of aryl methyl sites for hydroxylation is 1. The highest BCUT2D eigenvalue weighted by molar-refractivity contribution is 5.73. The van der Waals surface area contributed by atoms with E-state index < -0.39 is 12.0 Å². The minimum Gasteiger partial charge on any atom is -0.480 e. The number of rotatable bonds is 5. The molecule has 2 aliphatic rings. The minimum atomic E-state index is -0.741. The first-order chi connectivity index (χ1) is 10.1. The van der Waals surface area contributed by atoms with Crippen LogP contribution in [-0.4, -0.2) is 43.3 Å². The van der Waals surface area contributed by atoms with Crippen LogP contribution in [0.5, 0.6) is 0 Å². The molecule has 1 unspecified atom stereocenters. The minimum absolute atomic E-state index is 0.448. The number of hydrogen-bond donors (Lipinski definition) is 1. The largest absolute Gasteiger partial charge is 0.480 e. The Morgan fingerprint density at radius 1 is 1.33 bits per heavy atom. The van der Waals surface area contributed by atoms with Gasteiger partial charge in [-0.05, 0) is 32.2 Å². The van der Waals surface area contributed by atoms with Gasteiger partial charge in [-0.2, -0.15) is 0 Å². The highest BCUT2D eigenvalue weighted by atomic mass is 16.4. The first-order valence-corrected chi connectivity index (χ1v) is 8.00. The summed E-state index contributed by atoms with van der Waals surface area (Å²) in [4.78, 5) is 13.6. The quantitative estimate of drug-likeness (QED) is 0.896. The van der Waals surface area contributed by atoms with Crippen molar-refractivity contribution in [2.75, 3.05) is 6.54 Å². The molecule has 0 aromatic carbocycles. The van der Waals surface area contributed by atoms with E-state index in [4.69, 9.17) is 0 Å². The lowest BCUT2D eigenvalue weighted by Gasteiger charge is -2.33. The molecule has 6 heteroatoms. The second kappa shape index (κ2) is 6.13. The molecule has 21 heavy (non-hydrogen) atoms.